The molecule has 1 aliphatic rings. The van der Waals surface area contributed by atoms with Gasteiger partial charge in [-0.05, 0) is 48.8 Å². The van der Waals surface area contributed by atoms with Crippen LogP contribution >= 0.6 is 0 Å². The van der Waals surface area contributed by atoms with Crippen molar-refractivity contribution in [3.05, 3.63) is 30.1 Å². The first-order valence-corrected chi connectivity index (χ1v) is 7.38. The highest BCUT2D eigenvalue weighted by atomic mass is 19.1. The summed E-state index contributed by atoms with van der Waals surface area (Å²) >= 11 is 0. The van der Waals surface area contributed by atoms with Gasteiger partial charge in [-0.1, -0.05) is 26.8 Å². The third-order valence-corrected chi connectivity index (χ3v) is 4.16. The van der Waals surface area contributed by atoms with Crippen LogP contribution in [0, 0.1) is 17.2 Å². The van der Waals surface area contributed by atoms with E-state index in [2.05, 4.69) is 26.1 Å². The predicted molar refractivity (Wildman–Crippen MR) is 81.6 cm³/mol. The molecular formula is C17H24FNO2. The van der Waals surface area contributed by atoms with Crippen molar-refractivity contribution in [2.45, 2.75) is 45.6 Å². The van der Waals surface area contributed by atoms with Crippen LogP contribution in [0.4, 0.5) is 10.1 Å². The number of rotatable bonds is 3. The minimum absolute atomic E-state index is 0.0339. The minimum Gasteiger partial charge on any atom is -0.467 e. The van der Waals surface area contributed by atoms with Crippen molar-refractivity contribution in [2.75, 3.05) is 12.4 Å². The highest BCUT2D eigenvalue weighted by Gasteiger charge is 2.48. The number of benzene rings is 1. The van der Waals surface area contributed by atoms with Crippen molar-refractivity contribution in [3.63, 3.8) is 0 Å². The van der Waals surface area contributed by atoms with Gasteiger partial charge in [-0.3, -0.25) is 0 Å². The molecule has 1 aromatic carbocycles. The molecule has 2 unspecified atom stereocenters. The standard InChI is InChI=1S/C17H24FNO2/c1-12-9-16(2,3)11-17(10-12,15(20)21-4)19-14-7-5-6-13(18)8-14/h5-8,12,19H,9-11H2,1-4H3. The van der Waals surface area contributed by atoms with Gasteiger partial charge >= 0.3 is 5.97 Å². The number of anilines is 1. The summed E-state index contributed by atoms with van der Waals surface area (Å²) in [6, 6.07) is 6.22. The summed E-state index contributed by atoms with van der Waals surface area (Å²) in [6.45, 7) is 6.47. The lowest BCUT2D eigenvalue weighted by Gasteiger charge is -2.46. The molecule has 1 N–H and O–H groups in total. The lowest BCUT2D eigenvalue weighted by atomic mass is 9.64. The van der Waals surface area contributed by atoms with Crippen LogP contribution < -0.4 is 5.32 Å². The number of halogens is 1. The van der Waals surface area contributed by atoms with Crippen molar-refractivity contribution in [2.24, 2.45) is 11.3 Å². The maximum absolute atomic E-state index is 13.4. The molecular weight excluding hydrogens is 269 g/mol. The molecule has 1 aromatic rings. The zero-order valence-electron chi connectivity index (χ0n) is 13.2. The first-order chi connectivity index (χ1) is 9.76. The van der Waals surface area contributed by atoms with E-state index >= 15 is 0 Å². The zero-order chi connectivity index (χ0) is 15.7. The highest BCUT2D eigenvalue weighted by Crippen LogP contribution is 2.45. The third kappa shape index (κ3) is 3.55. The number of methoxy groups -OCH3 is 1. The van der Waals surface area contributed by atoms with E-state index in [9.17, 15) is 9.18 Å². The van der Waals surface area contributed by atoms with Gasteiger partial charge < -0.3 is 10.1 Å². The summed E-state index contributed by atoms with van der Waals surface area (Å²) in [5.41, 5.74) is -0.138. The van der Waals surface area contributed by atoms with E-state index in [-0.39, 0.29) is 17.2 Å². The summed E-state index contributed by atoms with van der Waals surface area (Å²) in [6.07, 6.45) is 2.43. The average Bonchev–Trinajstić information content (AvgIpc) is 2.35. The molecule has 0 aromatic heterocycles. The molecule has 0 heterocycles. The van der Waals surface area contributed by atoms with Gasteiger partial charge in [0.1, 0.15) is 11.4 Å². The topological polar surface area (TPSA) is 38.3 Å². The van der Waals surface area contributed by atoms with Crippen molar-refractivity contribution in [3.8, 4) is 0 Å². The number of carbonyl (C=O) groups is 1. The van der Waals surface area contributed by atoms with E-state index in [4.69, 9.17) is 4.74 Å². The molecule has 2 rings (SSSR count). The first kappa shape index (κ1) is 15.8. The van der Waals surface area contributed by atoms with Crippen molar-refractivity contribution in [1.82, 2.24) is 0 Å². The average molecular weight is 293 g/mol. The van der Waals surface area contributed by atoms with Crippen LogP contribution in [0.15, 0.2) is 24.3 Å². The Morgan fingerprint density at radius 3 is 2.67 bits per heavy atom. The highest BCUT2D eigenvalue weighted by molar-refractivity contribution is 5.84. The van der Waals surface area contributed by atoms with E-state index in [1.54, 1.807) is 12.1 Å². The Morgan fingerprint density at radius 1 is 1.38 bits per heavy atom. The molecule has 116 valence electrons. The Hall–Kier alpha value is -1.58. The first-order valence-electron chi connectivity index (χ1n) is 7.38. The van der Waals surface area contributed by atoms with Gasteiger partial charge in [-0.2, -0.15) is 0 Å². The second-order valence-corrected chi connectivity index (χ2v) is 7.06. The van der Waals surface area contributed by atoms with Gasteiger partial charge in [-0.25, -0.2) is 9.18 Å². The predicted octanol–water partition coefficient (Wildman–Crippen LogP) is 4.00. The Bertz CT molecular complexity index is 529. The Morgan fingerprint density at radius 2 is 2.10 bits per heavy atom. The number of carbonyl (C=O) groups excluding carboxylic acids is 1. The molecule has 4 heteroatoms. The third-order valence-electron chi connectivity index (χ3n) is 4.16. The van der Waals surface area contributed by atoms with Crippen LogP contribution in [0.25, 0.3) is 0 Å². The van der Waals surface area contributed by atoms with E-state index in [0.29, 0.717) is 24.4 Å². The van der Waals surface area contributed by atoms with Crippen molar-refractivity contribution >= 4 is 11.7 Å². The number of ether oxygens (including phenoxy) is 1. The smallest absolute Gasteiger partial charge is 0.331 e. The number of nitrogens with one attached hydrogen (secondary N) is 1. The summed E-state index contributed by atoms with van der Waals surface area (Å²) in [7, 11) is 1.41. The molecule has 0 aliphatic heterocycles. The Kier molecular flexibility index (Phi) is 4.26. The van der Waals surface area contributed by atoms with Crippen LogP contribution in [-0.2, 0) is 9.53 Å². The second kappa shape index (κ2) is 5.66. The summed E-state index contributed by atoms with van der Waals surface area (Å²) in [4.78, 5) is 12.4. The maximum atomic E-state index is 13.4. The lowest BCUT2D eigenvalue weighted by Crippen LogP contribution is -2.54. The van der Waals surface area contributed by atoms with E-state index in [1.165, 1.54) is 19.2 Å². The van der Waals surface area contributed by atoms with Gasteiger partial charge in [0, 0.05) is 5.69 Å². The Balaban J connectivity index is 2.35. The van der Waals surface area contributed by atoms with Crippen LogP contribution in [0.3, 0.4) is 0 Å². The van der Waals surface area contributed by atoms with Crippen LogP contribution in [0.2, 0.25) is 0 Å². The van der Waals surface area contributed by atoms with E-state index in [0.717, 1.165) is 6.42 Å². The van der Waals surface area contributed by atoms with Crippen LogP contribution in [-0.4, -0.2) is 18.6 Å². The maximum Gasteiger partial charge on any atom is 0.331 e. The molecule has 0 bridgehead atoms. The summed E-state index contributed by atoms with van der Waals surface area (Å²) in [5, 5.41) is 3.26. The van der Waals surface area contributed by atoms with Gasteiger partial charge in [0.05, 0.1) is 7.11 Å². The molecule has 1 aliphatic carbocycles. The molecule has 0 amide bonds. The van der Waals surface area contributed by atoms with E-state index < -0.39 is 5.54 Å². The normalized spacial score (nSPS) is 28.0. The molecule has 1 fully saturated rings. The van der Waals surface area contributed by atoms with Gasteiger partial charge in [0.25, 0.3) is 0 Å². The molecule has 21 heavy (non-hydrogen) atoms. The number of esters is 1. The minimum atomic E-state index is -0.788. The Labute approximate surface area is 125 Å². The number of hydrogen-bond acceptors (Lipinski definition) is 3. The summed E-state index contributed by atoms with van der Waals surface area (Å²) < 4.78 is 18.4. The SMILES string of the molecule is COC(=O)C1(Nc2cccc(F)c2)CC(C)CC(C)(C)C1. The quantitative estimate of drug-likeness (QED) is 0.856. The molecule has 0 spiro atoms. The molecule has 0 saturated heterocycles. The lowest BCUT2D eigenvalue weighted by molar-refractivity contribution is -0.149. The van der Waals surface area contributed by atoms with Gasteiger partial charge in [0.15, 0.2) is 0 Å². The fourth-order valence-electron chi connectivity index (χ4n) is 3.91. The van der Waals surface area contributed by atoms with E-state index in [1.807, 2.05) is 0 Å². The van der Waals surface area contributed by atoms with Crippen LogP contribution in [0.5, 0.6) is 0 Å². The van der Waals surface area contributed by atoms with Crippen LogP contribution in [0.1, 0.15) is 40.0 Å². The van der Waals surface area contributed by atoms with Crippen molar-refractivity contribution < 1.29 is 13.9 Å². The zero-order valence-corrected chi connectivity index (χ0v) is 13.2. The van der Waals surface area contributed by atoms with Crippen molar-refractivity contribution in [1.29, 1.82) is 0 Å². The molecule has 2 atom stereocenters. The molecule has 0 radical (unpaired) electrons. The fraction of sp³-hybridized carbons (Fsp3) is 0.588. The number of hydrogen-bond donors (Lipinski definition) is 1. The molecule has 1 saturated carbocycles. The largest absolute Gasteiger partial charge is 0.467 e. The molecule has 3 nitrogen and oxygen atoms in total. The summed E-state index contributed by atoms with van der Waals surface area (Å²) in [5.74, 6) is -0.191. The van der Waals surface area contributed by atoms with Gasteiger partial charge in [0.2, 0.25) is 0 Å². The monoisotopic (exact) mass is 293 g/mol. The van der Waals surface area contributed by atoms with Gasteiger partial charge in [-0.15, -0.1) is 0 Å². The second-order valence-electron chi connectivity index (χ2n) is 7.06. The fourth-order valence-corrected chi connectivity index (χ4v) is 3.91.